The second-order valence-corrected chi connectivity index (χ2v) is 7.70. The second-order valence-electron chi connectivity index (χ2n) is 7.70. The van der Waals surface area contributed by atoms with E-state index >= 15 is 0 Å². The van der Waals surface area contributed by atoms with Crippen LogP contribution < -0.4 is 20.7 Å². The molecule has 144 valence electrons. The molecule has 2 atom stereocenters. The van der Waals surface area contributed by atoms with Crippen molar-refractivity contribution >= 4 is 17.5 Å². The quantitative estimate of drug-likeness (QED) is 0.770. The highest BCUT2D eigenvalue weighted by atomic mass is 16.6. The summed E-state index contributed by atoms with van der Waals surface area (Å²) in [5, 5.41) is 9.78. The van der Waals surface area contributed by atoms with Crippen LogP contribution in [0.1, 0.15) is 44.2 Å². The lowest BCUT2D eigenvalue weighted by molar-refractivity contribution is 0.215. The van der Waals surface area contributed by atoms with Gasteiger partial charge in [-0.05, 0) is 60.3 Å². The highest BCUT2D eigenvalue weighted by Crippen LogP contribution is 2.46. The summed E-state index contributed by atoms with van der Waals surface area (Å²) in [6.45, 7) is 7.52. The first kappa shape index (κ1) is 19.2. The summed E-state index contributed by atoms with van der Waals surface area (Å²) in [6, 6.07) is 13.7. The molecule has 1 saturated heterocycles. The van der Waals surface area contributed by atoms with Gasteiger partial charge in [-0.15, -0.1) is 0 Å². The van der Waals surface area contributed by atoms with Gasteiger partial charge in [0.05, 0.1) is 6.17 Å². The molecule has 27 heavy (non-hydrogen) atoms. The molecule has 2 heterocycles. The number of rotatable bonds is 3. The fourth-order valence-corrected chi connectivity index (χ4v) is 3.89. The van der Waals surface area contributed by atoms with E-state index in [0.29, 0.717) is 11.7 Å². The van der Waals surface area contributed by atoms with Gasteiger partial charge in [-0.25, -0.2) is 4.79 Å². The number of ether oxygens (including phenoxy) is 1. The summed E-state index contributed by atoms with van der Waals surface area (Å²) in [5.41, 5.74) is 4.33. The van der Waals surface area contributed by atoms with Crippen LogP contribution >= 0.6 is 0 Å². The number of hydrogen-bond acceptors (Lipinski definition) is 4. The molecular weight excluding hydrogens is 342 g/mol. The molecular formula is C21H27N3O3. The lowest BCUT2D eigenvalue weighted by Crippen LogP contribution is -2.38. The number of nitrogens with one attached hydrogen (secondary N) is 3. The number of carbonyl (C=O) groups is 1. The Bertz CT molecular complexity index is 835. The van der Waals surface area contributed by atoms with Gasteiger partial charge in [0.1, 0.15) is 5.75 Å². The molecule has 0 aliphatic carbocycles. The summed E-state index contributed by atoms with van der Waals surface area (Å²) >= 11 is 0. The number of benzene rings is 2. The van der Waals surface area contributed by atoms with E-state index in [4.69, 9.17) is 4.74 Å². The fraction of sp³-hybridized carbons (Fsp3) is 0.381. The summed E-state index contributed by atoms with van der Waals surface area (Å²) in [4.78, 5) is 12.2. The third kappa shape index (κ3) is 3.50. The summed E-state index contributed by atoms with van der Waals surface area (Å²) in [5.74, 6) is 1.03. The van der Waals surface area contributed by atoms with E-state index in [1.54, 1.807) is 0 Å². The van der Waals surface area contributed by atoms with Gasteiger partial charge in [0, 0.05) is 16.8 Å². The number of hydrogen-bond donors (Lipinski definition) is 3. The Balaban J connectivity index is 0.00000210. The third-order valence-corrected chi connectivity index (χ3v) is 5.57. The maximum absolute atomic E-state index is 12.2. The average Bonchev–Trinajstić information content (AvgIpc) is 3.09. The number of anilines is 2. The number of carbonyl (C=O) groups excluding carboxylic acids is 1. The van der Waals surface area contributed by atoms with Crippen molar-refractivity contribution in [3.05, 3.63) is 53.6 Å². The van der Waals surface area contributed by atoms with Gasteiger partial charge in [0.2, 0.25) is 0 Å². The van der Waals surface area contributed by atoms with Gasteiger partial charge in [-0.1, -0.05) is 32.9 Å². The molecule has 5 N–H and O–H groups in total. The standard InChI is InChI=1S/C21H25N3O2.H2O/c1-13(2)14-4-6-15(7-5-14)23-20(25)26-16-8-9-18-17(12-16)21(3)10-11-22-19(21)24-18;/h4-9,12-13,19,22,24H,10-11H2,1-3H3,(H,23,25);1H2/t19-,21+;/m1./s1. The molecule has 4 rings (SSSR count). The van der Waals surface area contributed by atoms with Gasteiger partial charge < -0.3 is 15.5 Å². The maximum Gasteiger partial charge on any atom is 0.417 e. The molecule has 0 unspecified atom stereocenters. The van der Waals surface area contributed by atoms with Crippen LogP contribution in [0.2, 0.25) is 0 Å². The Morgan fingerprint density at radius 3 is 2.67 bits per heavy atom. The Morgan fingerprint density at radius 1 is 1.22 bits per heavy atom. The fourth-order valence-electron chi connectivity index (χ4n) is 3.89. The molecule has 2 aromatic carbocycles. The molecule has 1 amide bonds. The van der Waals surface area contributed by atoms with E-state index in [2.05, 4.69) is 36.7 Å². The first-order valence-corrected chi connectivity index (χ1v) is 9.19. The van der Waals surface area contributed by atoms with E-state index in [1.165, 1.54) is 11.1 Å². The Kier molecular flexibility index (Phi) is 5.13. The van der Waals surface area contributed by atoms with Crippen LogP contribution in [0.15, 0.2) is 42.5 Å². The van der Waals surface area contributed by atoms with Gasteiger partial charge >= 0.3 is 6.09 Å². The molecule has 0 radical (unpaired) electrons. The van der Waals surface area contributed by atoms with Crippen molar-refractivity contribution in [2.75, 3.05) is 17.2 Å². The highest BCUT2D eigenvalue weighted by Gasteiger charge is 2.46. The number of fused-ring (bicyclic) bond motifs is 3. The lowest BCUT2D eigenvalue weighted by Gasteiger charge is -2.23. The van der Waals surface area contributed by atoms with E-state index in [-0.39, 0.29) is 17.1 Å². The Morgan fingerprint density at radius 2 is 1.96 bits per heavy atom. The smallest absolute Gasteiger partial charge is 0.412 e. The molecule has 0 spiro atoms. The first-order valence-electron chi connectivity index (χ1n) is 9.19. The summed E-state index contributed by atoms with van der Waals surface area (Å²) in [7, 11) is 0. The van der Waals surface area contributed by atoms with Crippen LogP contribution in [0, 0.1) is 0 Å². The van der Waals surface area contributed by atoms with Crippen LogP contribution in [0.4, 0.5) is 16.2 Å². The zero-order valence-electron chi connectivity index (χ0n) is 15.9. The van der Waals surface area contributed by atoms with Crippen molar-refractivity contribution in [2.45, 2.75) is 44.7 Å². The monoisotopic (exact) mass is 369 g/mol. The van der Waals surface area contributed by atoms with Gasteiger partial charge in [-0.3, -0.25) is 10.6 Å². The molecule has 0 bridgehead atoms. The molecule has 6 heteroatoms. The third-order valence-electron chi connectivity index (χ3n) is 5.57. The predicted octanol–water partition coefficient (Wildman–Crippen LogP) is 3.60. The van der Waals surface area contributed by atoms with Gasteiger partial charge in [0.15, 0.2) is 0 Å². The van der Waals surface area contributed by atoms with Crippen LogP contribution in [-0.4, -0.2) is 24.3 Å². The minimum Gasteiger partial charge on any atom is -0.412 e. The van der Waals surface area contributed by atoms with E-state index in [9.17, 15) is 4.79 Å². The molecule has 1 fully saturated rings. The van der Waals surface area contributed by atoms with Gasteiger partial charge in [-0.2, -0.15) is 0 Å². The first-order chi connectivity index (χ1) is 12.5. The molecule has 6 nitrogen and oxygen atoms in total. The maximum atomic E-state index is 12.2. The average molecular weight is 369 g/mol. The normalized spacial score (nSPS) is 22.4. The summed E-state index contributed by atoms with van der Waals surface area (Å²) < 4.78 is 5.52. The molecule has 2 aromatic rings. The Hall–Kier alpha value is -2.57. The van der Waals surface area contributed by atoms with E-state index < -0.39 is 6.09 Å². The zero-order chi connectivity index (χ0) is 18.3. The summed E-state index contributed by atoms with van der Waals surface area (Å²) in [6.07, 6.45) is 0.843. The lowest BCUT2D eigenvalue weighted by atomic mass is 9.81. The second kappa shape index (κ2) is 7.21. The van der Waals surface area contributed by atoms with Crippen LogP contribution in [0.25, 0.3) is 0 Å². The zero-order valence-corrected chi connectivity index (χ0v) is 15.9. The van der Waals surface area contributed by atoms with Crippen molar-refractivity contribution in [1.82, 2.24) is 5.32 Å². The minimum atomic E-state index is -0.473. The molecule has 2 aliphatic heterocycles. The topological polar surface area (TPSA) is 93.9 Å². The predicted molar refractivity (Wildman–Crippen MR) is 108 cm³/mol. The highest BCUT2D eigenvalue weighted by molar-refractivity contribution is 5.86. The Labute approximate surface area is 159 Å². The van der Waals surface area contributed by atoms with Crippen molar-refractivity contribution in [2.24, 2.45) is 0 Å². The molecule has 2 aliphatic rings. The molecule has 0 saturated carbocycles. The van der Waals surface area contributed by atoms with E-state index in [0.717, 1.165) is 24.3 Å². The molecule has 0 aromatic heterocycles. The van der Waals surface area contributed by atoms with Crippen molar-refractivity contribution in [3.63, 3.8) is 0 Å². The SMILES string of the molecule is CC(C)c1ccc(NC(=O)Oc2ccc3c(c2)[C@]2(C)CCN[C@@H]2N3)cc1.O. The van der Waals surface area contributed by atoms with Gasteiger partial charge in [0.25, 0.3) is 0 Å². The minimum absolute atomic E-state index is 0. The van der Waals surface area contributed by atoms with Crippen LogP contribution in [0.5, 0.6) is 5.75 Å². The van der Waals surface area contributed by atoms with Crippen molar-refractivity contribution in [3.8, 4) is 5.75 Å². The van der Waals surface area contributed by atoms with Crippen LogP contribution in [0.3, 0.4) is 0 Å². The van der Waals surface area contributed by atoms with Crippen molar-refractivity contribution < 1.29 is 15.0 Å². The van der Waals surface area contributed by atoms with Crippen LogP contribution in [-0.2, 0) is 5.41 Å². The van der Waals surface area contributed by atoms with Crippen molar-refractivity contribution in [1.29, 1.82) is 0 Å². The largest absolute Gasteiger partial charge is 0.417 e. The number of amides is 1. The van der Waals surface area contributed by atoms with E-state index in [1.807, 2.05) is 42.5 Å².